The van der Waals surface area contributed by atoms with Crippen molar-refractivity contribution in [3.63, 3.8) is 0 Å². The van der Waals surface area contributed by atoms with Crippen LogP contribution in [0.25, 0.3) is 10.8 Å². The van der Waals surface area contributed by atoms with Crippen molar-refractivity contribution in [2.45, 2.75) is 19.1 Å². The van der Waals surface area contributed by atoms with E-state index in [1.54, 1.807) is 6.92 Å². The Morgan fingerprint density at radius 1 is 1.00 bits per heavy atom. The Hall–Kier alpha value is -1.42. The lowest BCUT2D eigenvalue weighted by Gasteiger charge is -2.15. The quantitative estimate of drug-likeness (QED) is 0.753. The maximum absolute atomic E-state index is 10.2. The second kappa shape index (κ2) is 5.96. The van der Waals surface area contributed by atoms with Crippen molar-refractivity contribution < 1.29 is 10.2 Å². The van der Waals surface area contributed by atoms with Crippen LogP contribution in [0.5, 0.6) is 0 Å². The van der Waals surface area contributed by atoms with E-state index in [0.717, 1.165) is 16.3 Å². The third-order valence-electron chi connectivity index (χ3n) is 2.96. The van der Waals surface area contributed by atoms with Gasteiger partial charge in [-0.25, -0.2) is 0 Å². The molecule has 2 rings (SSSR count). The smallest absolute Gasteiger partial charge is 0.0920 e. The zero-order chi connectivity index (χ0) is 13.0. The number of rotatable bonds is 5. The third kappa shape index (κ3) is 3.07. The van der Waals surface area contributed by atoms with Crippen LogP contribution in [-0.2, 0) is 0 Å². The molecule has 0 aliphatic rings. The summed E-state index contributed by atoms with van der Waals surface area (Å²) in [5.74, 6) is 0. The van der Waals surface area contributed by atoms with Crippen LogP contribution >= 0.6 is 0 Å². The minimum Gasteiger partial charge on any atom is -0.392 e. The predicted octanol–water partition coefficient (Wildman–Crippen LogP) is 1.84. The van der Waals surface area contributed by atoms with Crippen LogP contribution in [0.1, 0.15) is 18.6 Å². The second-order valence-electron chi connectivity index (χ2n) is 4.59. The standard InChI is InChI=1S/C15H19NO2/c1-11(17)9-16-10-15(18)14-8-4-6-12-5-2-3-7-13(12)14/h2-8,11,15-18H,9-10H2,1H3/t11-,15+/m0/s1. The third-order valence-corrected chi connectivity index (χ3v) is 2.96. The van der Waals surface area contributed by atoms with Crippen molar-refractivity contribution >= 4 is 10.8 Å². The Labute approximate surface area is 107 Å². The molecule has 2 aromatic carbocycles. The number of hydrogen-bond donors (Lipinski definition) is 3. The molecule has 0 aliphatic heterocycles. The highest BCUT2D eigenvalue weighted by atomic mass is 16.3. The maximum Gasteiger partial charge on any atom is 0.0920 e. The Balaban J connectivity index is 2.15. The molecule has 2 aromatic rings. The van der Waals surface area contributed by atoms with Crippen LogP contribution in [0, 0.1) is 0 Å². The van der Waals surface area contributed by atoms with Gasteiger partial charge < -0.3 is 15.5 Å². The summed E-state index contributed by atoms with van der Waals surface area (Å²) < 4.78 is 0. The molecule has 0 radical (unpaired) electrons. The predicted molar refractivity (Wildman–Crippen MR) is 73.5 cm³/mol. The molecule has 3 N–H and O–H groups in total. The van der Waals surface area contributed by atoms with E-state index < -0.39 is 12.2 Å². The molecule has 0 fully saturated rings. The molecule has 0 bridgehead atoms. The minimum atomic E-state index is -0.560. The van der Waals surface area contributed by atoms with E-state index in [1.165, 1.54) is 0 Å². The summed E-state index contributed by atoms with van der Waals surface area (Å²) in [6, 6.07) is 13.9. The Bertz CT molecular complexity index is 505. The SMILES string of the molecule is C[C@H](O)CNC[C@@H](O)c1cccc2ccccc12. The fourth-order valence-corrected chi connectivity index (χ4v) is 2.08. The fourth-order valence-electron chi connectivity index (χ4n) is 2.08. The monoisotopic (exact) mass is 245 g/mol. The highest BCUT2D eigenvalue weighted by molar-refractivity contribution is 5.85. The molecule has 0 aromatic heterocycles. The molecule has 0 heterocycles. The molecule has 0 spiro atoms. The first kappa shape index (κ1) is 13.0. The molecule has 0 saturated carbocycles. The van der Waals surface area contributed by atoms with E-state index in [9.17, 15) is 5.11 Å². The van der Waals surface area contributed by atoms with Crippen molar-refractivity contribution in [3.8, 4) is 0 Å². The first-order chi connectivity index (χ1) is 8.68. The van der Waals surface area contributed by atoms with E-state index in [0.29, 0.717) is 13.1 Å². The summed E-state index contributed by atoms with van der Waals surface area (Å²) in [6.07, 6.45) is -0.959. The summed E-state index contributed by atoms with van der Waals surface area (Å²) in [6.45, 7) is 2.65. The van der Waals surface area contributed by atoms with Crippen LogP contribution in [0.3, 0.4) is 0 Å². The minimum absolute atomic E-state index is 0.398. The number of aliphatic hydroxyl groups is 2. The molecular formula is C15H19NO2. The van der Waals surface area contributed by atoms with Gasteiger partial charge in [-0.15, -0.1) is 0 Å². The van der Waals surface area contributed by atoms with Gasteiger partial charge >= 0.3 is 0 Å². The van der Waals surface area contributed by atoms with Crippen molar-refractivity contribution in [1.29, 1.82) is 0 Å². The largest absolute Gasteiger partial charge is 0.392 e. The van der Waals surface area contributed by atoms with Gasteiger partial charge in [0.25, 0.3) is 0 Å². The molecule has 0 saturated heterocycles. The van der Waals surface area contributed by atoms with Crippen LogP contribution in [0.15, 0.2) is 42.5 Å². The molecule has 2 atom stereocenters. The van der Waals surface area contributed by atoms with Crippen molar-refractivity contribution in [3.05, 3.63) is 48.0 Å². The van der Waals surface area contributed by atoms with Gasteiger partial charge in [0.2, 0.25) is 0 Å². The summed E-state index contributed by atoms with van der Waals surface area (Å²) in [7, 11) is 0. The Morgan fingerprint density at radius 3 is 2.50 bits per heavy atom. The average Bonchev–Trinajstić information content (AvgIpc) is 2.37. The lowest BCUT2D eigenvalue weighted by atomic mass is 10.0. The van der Waals surface area contributed by atoms with Crippen molar-refractivity contribution in [1.82, 2.24) is 5.32 Å². The maximum atomic E-state index is 10.2. The van der Waals surface area contributed by atoms with Gasteiger partial charge in [-0.05, 0) is 23.3 Å². The summed E-state index contributed by atoms with van der Waals surface area (Å²) in [5, 5.41) is 24.6. The van der Waals surface area contributed by atoms with E-state index in [4.69, 9.17) is 5.11 Å². The van der Waals surface area contributed by atoms with E-state index in [1.807, 2.05) is 42.5 Å². The highest BCUT2D eigenvalue weighted by Gasteiger charge is 2.10. The number of nitrogens with one attached hydrogen (secondary N) is 1. The van der Waals surface area contributed by atoms with Crippen LogP contribution < -0.4 is 5.32 Å². The van der Waals surface area contributed by atoms with Gasteiger partial charge in [-0.3, -0.25) is 0 Å². The number of aliphatic hydroxyl groups excluding tert-OH is 2. The Kier molecular flexibility index (Phi) is 4.31. The van der Waals surface area contributed by atoms with Gasteiger partial charge in [-0.2, -0.15) is 0 Å². The fraction of sp³-hybridized carbons (Fsp3) is 0.333. The average molecular weight is 245 g/mol. The molecule has 3 nitrogen and oxygen atoms in total. The molecule has 0 unspecified atom stereocenters. The molecule has 96 valence electrons. The zero-order valence-corrected chi connectivity index (χ0v) is 10.5. The van der Waals surface area contributed by atoms with Crippen LogP contribution in [0.4, 0.5) is 0 Å². The Morgan fingerprint density at radius 2 is 1.72 bits per heavy atom. The topological polar surface area (TPSA) is 52.5 Å². The summed E-state index contributed by atoms with van der Waals surface area (Å²) in [5.41, 5.74) is 0.922. The van der Waals surface area contributed by atoms with Crippen molar-refractivity contribution in [2.24, 2.45) is 0 Å². The zero-order valence-electron chi connectivity index (χ0n) is 10.5. The van der Waals surface area contributed by atoms with Gasteiger partial charge in [0, 0.05) is 13.1 Å². The van der Waals surface area contributed by atoms with E-state index in [2.05, 4.69) is 5.32 Å². The lowest BCUT2D eigenvalue weighted by Crippen LogP contribution is -2.28. The van der Waals surface area contributed by atoms with E-state index in [-0.39, 0.29) is 0 Å². The lowest BCUT2D eigenvalue weighted by molar-refractivity contribution is 0.156. The first-order valence-electron chi connectivity index (χ1n) is 6.23. The summed E-state index contributed by atoms with van der Waals surface area (Å²) >= 11 is 0. The van der Waals surface area contributed by atoms with Crippen LogP contribution in [-0.4, -0.2) is 29.4 Å². The number of fused-ring (bicyclic) bond motifs is 1. The normalized spacial score (nSPS) is 14.6. The first-order valence-corrected chi connectivity index (χ1v) is 6.23. The second-order valence-corrected chi connectivity index (χ2v) is 4.59. The van der Waals surface area contributed by atoms with Gasteiger partial charge in [0.1, 0.15) is 0 Å². The van der Waals surface area contributed by atoms with E-state index >= 15 is 0 Å². The van der Waals surface area contributed by atoms with Gasteiger partial charge in [-0.1, -0.05) is 42.5 Å². The molecule has 0 aliphatic carbocycles. The highest BCUT2D eigenvalue weighted by Crippen LogP contribution is 2.23. The molecular weight excluding hydrogens is 226 g/mol. The summed E-state index contributed by atoms with van der Waals surface area (Å²) in [4.78, 5) is 0. The van der Waals surface area contributed by atoms with Crippen LogP contribution in [0.2, 0.25) is 0 Å². The number of benzene rings is 2. The van der Waals surface area contributed by atoms with Crippen molar-refractivity contribution in [2.75, 3.05) is 13.1 Å². The molecule has 0 amide bonds. The number of hydrogen-bond acceptors (Lipinski definition) is 3. The van der Waals surface area contributed by atoms with Gasteiger partial charge in [0.05, 0.1) is 12.2 Å². The van der Waals surface area contributed by atoms with Gasteiger partial charge in [0.15, 0.2) is 0 Å². The molecule has 3 heteroatoms. The molecule has 18 heavy (non-hydrogen) atoms.